The van der Waals surface area contributed by atoms with Gasteiger partial charge in [-0.3, -0.25) is 0 Å². The lowest BCUT2D eigenvalue weighted by Gasteiger charge is -2.32. The fourth-order valence-electron chi connectivity index (χ4n) is 4.26. The van der Waals surface area contributed by atoms with Crippen molar-refractivity contribution in [2.75, 3.05) is 25.9 Å². The Morgan fingerprint density at radius 2 is 1.69 bits per heavy atom. The van der Waals surface area contributed by atoms with Crippen LogP contribution in [0.15, 0.2) is 75.9 Å². The zero-order valence-electron chi connectivity index (χ0n) is 19.1. The number of esters is 2. The fraction of sp³-hybridized carbons (Fsp3) is 0.148. The molecule has 3 aromatic carbocycles. The third-order valence-electron chi connectivity index (χ3n) is 5.95. The third-order valence-corrected chi connectivity index (χ3v) is 5.95. The molecular formula is C27H21NO7. The zero-order valence-corrected chi connectivity index (χ0v) is 19.1. The van der Waals surface area contributed by atoms with E-state index in [0.717, 1.165) is 16.5 Å². The van der Waals surface area contributed by atoms with E-state index in [1.807, 2.05) is 42.5 Å². The fourth-order valence-corrected chi connectivity index (χ4v) is 4.26. The van der Waals surface area contributed by atoms with Crippen LogP contribution in [0.4, 0.5) is 5.69 Å². The zero-order chi connectivity index (χ0) is 24.5. The molecule has 0 saturated heterocycles. The molecule has 0 bridgehead atoms. The van der Waals surface area contributed by atoms with Crippen LogP contribution >= 0.6 is 0 Å². The molecule has 1 aliphatic heterocycles. The maximum absolute atomic E-state index is 12.5. The summed E-state index contributed by atoms with van der Waals surface area (Å²) in [7, 11) is 2.57. The van der Waals surface area contributed by atoms with Gasteiger partial charge in [-0.15, -0.1) is 0 Å². The van der Waals surface area contributed by atoms with E-state index in [0.29, 0.717) is 22.6 Å². The second-order valence-electron chi connectivity index (χ2n) is 7.95. The van der Waals surface area contributed by atoms with Crippen LogP contribution in [0.25, 0.3) is 22.1 Å². The van der Waals surface area contributed by atoms with E-state index in [1.165, 1.54) is 32.4 Å². The Morgan fingerprint density at radius 1 is 0.914 bits per heavy atom. The number of ether oxygens (including phenoxy) is 3. The van der Waals surface area contributed by atoms with Crippen LogP contribution in [0, 0.1) is 0 Å². The number of carbonyl (C=O) groups is 2. The summed E-state index contributed by atoms with van der Waals surface area (Å²) >= 11 is 0. The number of rotatable bonds is 4. The van der Waals surface area contributed by atoms with Gasteiger partial charge in [0.05, 0.1) is 43.1 Å². The normalized spacial score (nSPS) is 12.6. The first-order valence-corrected chi connectivity index (χ1v) is 10.8. The van der Waals surface area contributed by atoms with Crippen LogP contribution in [0.2, 0.25) is 0 Å². The van der Waals surface area contributed by atoms with Gasteiger partial charge >= 0.3 is 17.6 Å². The summed E-state index contributed by atoms with van der Waals surface area (Å²) in [6.07, 6.45) is 0. The predicted octanol–water partition coefficient (Wildman–Crippen LogP) is 4.39. The van der Waals surface area contributed by atoms with E-state index >= 15 is 0 Å². The minimum Gasteiger partial charge on any atom is -0.473 e. The highest BCUT2D eigenvalue weighted by molar-refractivity contribution is 6.00. The summed E-state index contributed by atoms with van der Waals surface area (Å²) in [4.78, 5) is 38.9. The number of anilines is 1. The summed E-state index contributed by atoms with van der Waals surface area (Å²) < 4.78 is 21.4. The molecule has 1 aliphatic rings. The number of nitrogens with zero attached hydrogens (tertiary/aromatic N) is 1. The molecule has 0 amide bonds. The highest BCUT2D eigenvalue weighted by Gasteiger charge is 2.27. The average molecular weight is 471 g/mol. The number of fused-ring (bicyclic) bond motifs is 3. The Balaban J connectivity index is 1.65. The van der Waals surface area contributed by atoms with Gasteiger partial charge in [0.1, 0.15) is 11.3 Å². The molecule has 4 aromatic rings. The Hall–Kier alpha value is -4.59. The van der Waals surface area contributed by atoms with Crippen molar-refractivity contribution < 1.29 is 28.2 Å². The standard InChI is InChI=1S/C27H21NO7/c1-32-26(30)17-8-9-19(27(31)33-2)22(12-17)28-14-21-23(34-15-28)11-10-18-20(13-24(29)35-25(18)21)16-6-4-3-5-7-16/h3-13H,14-15H2,1-2H3. The van der Waals surface area contributed by atoms with E-state index in [1.54, 1.807) is 11.0 Å². The second kappa shape index (κ2) is 8.98. The Morgan fingerprint density at radius 3 is 2.43 bits per heavy atom. The summed E-state index contributed by atoms with van der Waals surface area (Å²) in [5, 5.41) is 0.761. The lowest BCUT2D eigenvalue weighted by atomic mass is 9.99. The van der Waals surface area contributed by atoms with Crippen molar-refractivity contribution in [3.05, 3.63) is 93.8 Å². The topological polar surface area (TPSA) is 95.3 Å². The first-order chi connectivity index (χ1) is 17.0. The minimum absolute atomic E-state index is 0.107. The van der Waals surface area contributed by atoms with Gasteiger partial charge in [-0.1, -0.05) is 30.3 Å². The van der Waals surface area contributed by atoms with Crippen LogP contribution in [0.5, 0.6) is 5.75 Å². The van der Waals surface area contributed by atoms with E-state index in [4.69, 9.17) is 18.6 Å². The molecule has 0 unspecified atom stereocenters. The van der Waals surface area contributed by atoms with Gasteiger partial charge in [-0.05, 0) is 41.5 Å². The molecule has 0 spiro atoms. The van der Waals surface area contributed by atoms with Crippen molar-refractivity contribution >= 4 is 28.6 Å². The lowest BCUT2D eigenvalue weighted by Crippen LogP contribution is -2.33. The molecule has 0 saturated carbocycles. The Labute approximate surface area is 200 Å². The first-order valence-electron chi connectivity index (χ1n) is 10.8. The molecule has 0 N–H and O–H groups in total. The molecule has 0 atom stereocenters. The van der Waals surface area contributed by atoms with Gasteiger partial charge in [0.25, 0.3) is 0 Å². The molecule has 0 aliphatic carbocycles. The Bertz CT molecular complexity index is 1510. The van der Waals surface area contributed by atoms with Crippen LogP contribution < -0.4 is 15.3 Å². The maximum atomic E-state index is 12.5. The summed E-state index contributed by atoms with van der Waals surface area (Å²) in [5.74, 6) is -0.520. The van der Waals surface area contributed by atoms with Crippen molar-refractivity contribution in [2.45, 2.75) is 6.54 Å². The minimum atomic E-state index is -0.557. The van der Waals surface area contributed by atoms with Gasteiger partial charge in [0.2, 0.25) is 0 Å². The molecule has 2 heterocycles. The SMILES string of the molecule is COC(=O)c1ccc(C(=O)OC)c(N2COc3ccc4c(-c5ccccc5)cc(=O)oc4c3C2)c1. The van der Waals surface area contributed by atoms with Crippen LogP contribution in [-0.2, 0) is 16.0 Å². The molecule has 176 valence electrons. The molecule has 1 aromatic heterocycles. The number of hydrogen-bond donors (Lipinski definition) is 0. The molecule has 0 radical (unpaired) electrons. The van der Waals surface area contributed by atoms with E-state index in [9.17, 15) is 14.4 Å². The first kappa shape index (κ1) is 22.2. The number of carbonyl (C=O) groups excluding carboxylic acids is 2. The Kier molecular flexibility index (Phi) is 5.70. The van der Waals surface area contributed by atoms with Gasteiger partial charge in [-0.2, -0.15) is 0 Å². The summed E-state index contributed by atoms with van der Waals surface area (Å²) in [5.41, 5.74) is 3.19. The molecule has 35 heavy (non-hydrogen) atoms. The molecule has 8 nitrogen and oxygen atoms in total. The third kappa shape index (κ3) is 3.99. The van der Waals surface area contributed by atoms with E-state index in [2.05, 4.69) is 0 Å². The van der Waals surface area contributed by atoms with Gasteiger partial charge in [0, 0.05) is 11.5 Å². The van der Waals surface area contributed by atoms with Gasteiger partial charge in [-0.25, -0.2) is 14.4 Å². The van der Waals surface area contributed by atoms with Crippen molar-refractivity contribution in [3.63, 3.8) is 0 Å². The molecule has 5 rings (SSSR count). The average Bonchev–Trinajstić information content (AvgIpc) is 2.91. The van der Waals surface area contributed by atoms with Crippen LogP contribution in [0.3, 0.4) is 0 Å². The summed E-state index contributed by atoms with van der Waals surface area (Å²) in [6, 6.07) is 19.3. The second-order valence-corrected chi connectivity index (χ2v) is 7.95. The molecular weight excluding hydrogens is 450 g/mol. The van der Waals surface area contributed by atoms with Crippen LogP contribution in [0.1, 0.15) is 26.3 Å². The lowest BCUT2D eigenvalue weighted by molar-refractivity contribution is 0.0587. The van der Waals surface area contributed by atoms with E-state index < -0.39 is 17.6 Å². The van der Waals surface area contributed by atoms with Crippen molar-refractivity contribution in [1.29, 1.82) is 0 Å². The van der Waals surface area contributed by atoms with E-state index in [-0.39, 0.29) is 24.4 Å². The highest BCUT2D eigenvalue weighted by Crippen LogP contribution is 2.38. The van der Waals surface area contributed by atoms with Gasteiger partial charge in [0.15, 0.2) is 6.73 Å². The largest absolute Gasteiger partial charge is 0.473 e. The van der Waals surface area contributed by atoms with Crippen molar-refractivity contribution in [1.82, 2.24) is 0 Å². The number of methoxy groups -OCH3 is 2. The van der Waals surface area contributed by atoms with Crippen molar-refractivity contribution in [3.8, 4) is 16.9 Å². The van der Waals surface area contributed by atoms with Crippen molar-refractivity contribution in [2.24, 2.45) is 0 Å². The van der Waals surface area contributed by atoms with Gasteiger partial charge < -0.3 is 23.5 Å². The quantitative estimate of drug-likeness (QED) is 0.320. The number of hydrogen-bond acceptors (Lipinski definition) is 8. The van der Waals surface area contributed by atoms with Crippen LogP contribution in [-0.4, -0.2) is 32.9 Å². The smallest absolute Gasteiger partial charge is 0.339 e. The molecule has 0 fully saturated rings. The predicted molar refractivity (Wildman–Crippen MR) is 129 cm³/mol. The molecule has 8 heteroatoms. The number of benzene rings is 3. The summed E-state index contributed by atoms with van der Waals surface area (Å²) in [6.45, 7) is 0.373. The highest BCUT2D eigenvalue weighted by atomic mass is 16.5. The maximum Gasteiger partial charge on any atom is 0.339 e. The monoisotopic (exact) mass is 471 g/mol.